The lowest BCUT2D eigenvalue weighted by Crippen LogP contribution is -2.53. The van der Waals surface area contributed by atoms with Crippen LogP contribution in [0, 0.1) is 5.92 Å². The maximum atomic E-state index is 13.5. The summed E-state index contributed by atoms with van der Waals surface area (Å²) in [4.78, 5) is 19.8. The van der Waals surface area contributed by atoms with Crippen LogP contribution >= 0.6 is 11.3 Å². The molecule has 1 aromatic carbocycles. The smallest absolute Gasteiger partial charge is 0.259 e. The van der Waals surface area contributed by atoms with Crippen LogP contribution in [0.2, 0.25) is 0 Å². The molecule has 3 aromatic rings. The summed E-state index contributed by atoms with van der Waals surface area (Å²) in [5.41, 5.74) is 2.34. The Kier molecular flexibility index (Phi) is 4.59. The third-order valence-electron chi connectivity index (χ3n) is 7.53. The molecule has 0 saturated carbocycles. The number of pyridine rings is 1. The molecule has 156 valence electrons. The highest BCUT2D eigenvalue weighted by Gasteiger charge is 2.37. The maximum Gasteiger partial charge on any atom is 0.259 e. The minimum Gasteiger partial charge on any atom is -0.311 e. The summed E-state index contributed by atoms with van der Waals surface area (Å²) >= 11 is 1.73. The molecule has 2 saturated heterocycles. The first kappa shape index (κ1) is 18.8. The molecule has 5 heteroatoms. The van der Waals surface area contributed by atoms with E-state index in [0.29, 0.717) is 11.8 Å². The number of piperidine rings is 2. The summed E-state index contributed by atoms with van der Waals surface area (Å²) in [7, 11) is 2.23. The van der Waals surface area contributed by atoms with Gasteiger partial charge in [-0.05, 0) is 75.0 Å². The molecule has 3 aliphatic rings. The number of rotatable bonds is 2. The van der Waals surface area contributed by atoms with Gasteiger partial charge in [0.2, 0.25) is 0 Å². The third kappa shape index (κ3) is 3.15. The first-order valence-corrected chi connectivity index (χ1v) is 12.1. The van der Waals surface area contributed by atoms with Gasteiger partial charge in [0.15, 0.2) is 0 Å². The molecule has 2 atom stereocenters. The summed E-state index contributed by atoms with van der Waals surface area (Å²) in [5, 5.41) is 1.23. The quantitative estimate of drug-likeness (QED) is 0.622. The minimum absolute atomic E-state index is 0.210. The number of nitrogens with zero attached hydrogens (tertiary/aromatic N) is 3. The molecule has 0 radical (unpaired) electrons. The second-order valence-electron chi connectivity index (χ2n) is 9.52. The van der Waals surface area contributed by atoms with Gasteiger partial charge in [-0.2, -0.15) is 0 Å². The van der Waals surface area contributed by atoms with Gasteiger partial charge in [-0.25, -0.2) is 0 Å². The number of fused-ring (bicyclic) bond motifs is 5. The molecule has 30 heavy (non-hydrogen) atoms. The Morgan fingerprint density at radius 1 is 1.00 bits per heavy atom. The Hall–Kier alpha value is -1.95. The van der Waals surface area contributed by atoms with Crippen LogP contribution in [0.4, 0.5) is 0 Å². The van der Waals surface area contributed by atoms with Crippen LogP contribution in [0.1, 0.15) is 30.9 Å². The van der Waals surface area contributed by atoms with Gasteiger partial charge in [0.05, 0.1) is 5.56 Å². The van der Waals surface area contributed by atoms with Crippen molar-refractivity contribution in [2.45, 2.75) is 37.8 Å². The van der Waals surface area contributed by atoms with E-state index in [1.54, 1.807) is 11.3 Å². The lowest BCUT2D eigenvalue weighted by atomic mass is 9.81. The van der Waals surface area contributed by atoms with Crippen LogP contribution in [0.25, 0.3) is 20.5 Å². The molecule has 2 aromatic heterocycles. The van der Waals surface area contributed by atoms with E-state index in [1.807, 2.05) is 0 Å². The second-order valence-corrected chi connectivity index (χ2v) is 10.6. The largest absolute Gasteiger partial charge is 0.311 e. The molecule has 0 spiro atoms. The Labute approximate surface area is 181 Å². The summed E-state index contributed by atoms with van der Waals surface area (Å²) < 4.78 is 3.37. The van der Waals surface area contributed by atoms with Crippen molar-refractivity contribution in [1.82, 2.24) is 14.4 Å². The molecule has 6 rings (SSSR count). The fourth-order valence-electron chi connectivity index (χ4n) is 5.94. The number of likely N-dealkylation sites (tertiary alicyclic amines) is 2. The van der Waals surface area contributed by atoms with Crippen molar-refractivity contribution in [2.24, 2.45) is 5.92 Å². The van der Waals surface area contributed by atoms with Gasteiger partial charge in [-0.15, -0.1) is 11.3 Å². The number of thiophene rings is 1. The van der Waals surface area contributed by atoms with Gasteiger partial charge in [0.25, 0.3) is 5.56 Å². The highest BCUT2D eigenvalue weighted by molar-refractivity contribution is 7.22. The second kappa shape index (κ2) is 7.33. The molecule has 0 unspecified atom stereocenters. The molecule has 3 aliphatic heterocycles. The number of aromatic nitrogens is 1. The lowest BCUT2D eigenvalue weighted by molar-refractivity contribution is 0.0517. The number of hydrogen-bond donors (Lipinski definition) is 0. The molecule has 2 fully saturated rings. The fraction of sp³-hybridized carbons (Fsp3) is 0.480. The zero-order chi connectivity index (χ0) is 20.2. The van der Waals surface area contributed by atoms with Gasteiger partial charge >= 0.3 is 0 Å². The van der Waals surface area contributed by atoms with Crippen molar-refractivity contribution in [3.63, 3.8) is 0 Å². The number of hydrogen-bond acceptors (Lipinski definition) is 4. The molecular formula is C25H29N3OS. The van der Waals surface area contributed by atoms with Gasteiger partial charge in [0, 0.05) is 46.9 Å². The Morgan fingerprint density at radius 3 is 2.67 bits per heavy atom. The van der Waals surface area contributed by atoms with Crippen molar-refractivity contribution >= 4 is 21.4 Å². The van der Waals surface area contributed by atoms with Crippen LogP contribution < -0.4 is 5.56 Å². The molecule has 0 N–H and O–H groups in total. The summed E-state index contributed by atoms with van der Waals surface area (Å²) in [5.74, 6) is 1.10. The Morgan fingerprint density at radius 2 is 1.83 bits per heavy atom. The standard InChI is InChI=1S/C25H29N3OS/c1-26-10-8-20(9-11-26)27-14-17-12-19(16-27)22-7-6-21(25(29)28(22)15-17)24-13-18-4-2-3-5-23(18)30-24/h2-7,13,17,19-20H,8-12,14-16H2,1H3/t17-,19+/m0/s1. The first-order chi connectivity index (χ1) is 14.7. The Bertz CT molecular complexity index is 1110. The van der Waals surface area contributed by atoms with E-state index >= 15 is 0 Å². The maximum absolute atomic E-state index is 13.5. The molecule has 4 nitrogen and oxygen atoms in total. The molecule has 2 bridgehead atoms. The van der Waals surface area contributed by atoms with E-state index in [-0.39, 0.29) is 5.56 Å². The van der Waals surface area contributed by atoms with Crippen LogP contribution in [0.5, 0.6) is 0 Å². The topological polar surface area (TPSA) is 28.5 Å². The van der Waals surface area contributed by atoms with Gasteiger partial charge in [-0.1, -0.05) is 18.2 Å². The van der Waals surface area contributed by atoms with Crippen molar-refractivity contribution < 1.29 is 0 Å². The monoisotopic (exact) mass is 419 g/mol. The molecular weight excluding hydrogens is 390 g/mol. The predicted molar refractivity (Wildman–Crippen MR) is 124 cm³/mol. The molecule has 5 heterocycles. The summed E-state index contributed by atoms with van der Waals surface area (Å²) in [6.07, 6.45) is 3.81. The van der Waals surface area contributed by atoms with E-state index in [2.05, 4.69) is 63.9 Å². The van der Waals surface area contributed by atoms with E-state index < -0.39 is 0 Å². The highest BCUT2D eigenvalue weighted by Crippen LogP contribution is 2.38. The van der Waals surface area contributed by atoms with Gasteiger partial charge in [-0.3, -0.25) is 9.69 Å². The molecule has 0 aliphatic carbocycles. The van der Waals surface area contributed by atoms with Gasteiger partial charge < -0.3 is 9.47 Å². The van der Waals surface area contributed by atoms with E-state index in [1.165, 1.54) is 48.1 Å². The average molecular weight is 420 g/mol. The summed E-state index contributed by atoms with van der Waals surface area (Å²) in [6.45, 7) is 5.58. The SMILES string of the molecule is CN1CCC(N2C[C@@H]3C[C@H](C2)c2ccc(-c4cc5ccccc5s4)c(=O)n2C3)CC1. The van der Waals surface area contributed by atoms with Crippen molar-refractivity contribution in [2.75, 3.05) is 33.2 Å². The Balaban J connectivity index is 1.31. The van der Waals surface area contributed by atoms with Crippen LogP contribution in [0.15, 0.2) is 47.3 Å². The van der Waals surface area contributed by atoms with Crippen molar-refractivity contribution in [3.8, 4) is 10.4 Å². The summed E-state index contributed by atoms with van der Waals surface area (Å²) in [6, 6.07) is 15.6. The van der Waals surface area contributed by atoms with E-state index in [0.717, 1.165) is 36.1 Å². The highest BCUT2D eigenvalue weighted by atomic mass is 32.1. The van der Waals surface area contributed by atoms with E-state index in [4.69, 9.17) is 0 Å². The van der Waals surface area contributed by atoms with Crippen molar-refractivity contribution in [1.29, 1.82) is 0 Å². The first-order valence-electron chi connectivity index (χ1n) is 11.3. The number of benzene rings is 1. The van der Waals surface area contributed by atoms with Crippen molar-refractivity contribution in [3.05, 3.63) is 58.5 Å². The van der Waals surface area contributed by atoms with E-state index in [9.17, 15) is 4.79 Å². The van der Waals surface area contributed by atoms with Gasteiger partial charge in [0.1, 0.15) is 0 Å². The average Bonchev–Trinajstić information content (AvgIpc) is 3.19. The lowest BCUT2D eigenvalue weighted by Gasteiger charge is -2.47. The third-order valence-corrected chi connectivity index (χ3v) is 8.68. The zero-order valence-corrected chi connectivity index (χ0v) is 18.4. The van der Waals surface area contributed by atoms with Crippen LogP contribution in [-0.2, 0) is 6.54 Å². The fourth-order valence-corrected chi connectivity index (χ4v) is 7.02. The minimum atomic E-state index is 0.210. The van der Waals surface area contributed by atoms with Crippen LogP contribution in [0.3, 0.4) is 0 Å². The normalized spacial score (nSPS) is 25.5. The van der Waals surface area contributed by atoms with Crippen LogP contribution in [-0.4, -0.2) is 53.6 Å². The zero-order valence-electron chi connectivity index (χ0n) is 17.6. The predicted octanol–water partition coefficient (Wildman–Crippen LogP) is 4.24. The molecule has 0 amide bonds.